The van der Waals surface area contributed by atoms with Gasteiger partial charge in [0.25, 0.3) is 0 Å². The second-order valence-electron chi connectivity index (χ2n) is 7.31. The van der Waals surface area contributed by atoms with Crippen LogP contribution in [0.15, 0.2) is 59.6 Å². The monoisotopic (exact) mass is 400 g/mol. The van der Waals surface area contributed by atoms with Gasteiger partial charge in [-0.1, -0.05) is 30.3 Å². The second-order valence-corrected chi connectivity index (χ2v) is 7.99. The van der Waals surface area contributed by atoms with Crippen molar-refractivity contribution in [3.05, 3.63) is 77.2 Å². The standard InChI is InChI=1S/C24H24N4S/c1-14-13-20(11-12-26-14)24-23(17(4)27-28-24)19-7-5-18(6-8-19)21-9-10-22(29-25)16(3)15(21)2/h5-13H,25H2,1-4H3,(H,27,28). The molecule has 0 fully saturated rings. The SMILES string of the molecule is Cc1cc(-c2n[nH]c(C)c2-c2ccc(-c3ccc(SN)c(C)c3C)cc2)ccn1. The Morgan fingerprint density at radius 3 is 2.24 bits per heavy atom. The van der Waals surface area contributed by atoms with Crippen LogP contribution < -0.4 is 5.14 Å². The minimum atomic E-state index is 0.956. The third-order valence-corrected chi connectivity index (χ3v) is 6.16. The zero-order valence-electron chi connectivity index (χ0n) is 17.1. The van der Waals surface area contributed by atoms with Gasteiger partial charge in [0.05, 0.1) is 0 Å². The Bertz CT molecular complexity index is 1180. The smallest absolute Gasteiger partial charge is 0.100 e. The summed E-state index contributed by atoms with van der Waals surface area (Å²) in [6, 6.07) is 17.0. The fraction of sp³-hybridized carbons (Fsp3) is 0.167. The topological polar surface area (TPSA) is 67.6 Å². The molecule has 0 amide bonds. The molecule has 0 saturated heterocycles. The van der Waals surface area contributed by atoms with E-state index in [0.29, 0.717) is 0 Å². The van der Waals surface area contributed by atoms with Gasteiger partial charge in [0.2, 0.25) is 0 Å². The van der Waals surface area contributed by atoms with Gasteiger partial charge < -0.3 is 0 Å². The highest BCUT2D eigenvalue weighted by atomic mass is 32.2. The largest absolute Gasteiger partial charge is 0.282 e. The molecule has 3 N–H and O–H groups in total. The highest BCUT2D eigenvalue weighted by molar-refractivity contribution is 7.97. The van der Waals surface area contributed by atoms with Gasteiger partial charge in [-0.25, -0.2) is 0 Å². The van der Waals surface area contributed by atoms with E-state index in [-0.39, 0.29) is 0 Å². The van der Waals surface area contributed by atoms with Gasteiger partial charge in [-0.05, 0) is 85.7 Å². The number of aromatic nitrogens is 3. The van der Waals surface area contributed by atoms with Crippen molar-refractivity contribution >= 4 is 11.9 Å². The van der Waals surface area contributed by atoms with Crippen molar-refractivity contribution in [2.75, 3.05) is 0 Å². The lowest BCUT2D eigenvalue weighted by atomic mass is 9.94. The van der Waals surface area contributed by atoms with Gasteiger partial charge in [-0.2, -0.15) is 5.10 Å². The van der Waals surface area contributed by atoms with Crippen molar-refractivity contribution < 1.29 is 0 Å². The van der Waals surface area contributed by atoms with E-state index in [1.807, 2.05) is 19.2 Å². The molecule has 0 saturated carbocycles. The van der Waals surface area contributed by atoms with Crippen molar-refractivity contribution in [2.24, 2.45) is 5.14 Å². The number of aryl methyl sites for hydroxylation is 2. The molecule has 0 radical (unpaired) electrons. The number of nitrogens with zero attached hydrogens (tertiary/aromatic N) is 2. The van der Waals surface area contributed by atoms with Crippen molar-refractivity contribution in [2.45, 2.75) is 32.6 Å². The average Bonchev–Trinajstić information content (AvgIpc) is 3.12. The number of hydrogen-bond acceptors (Lipinski definition) is 4. The first kappa shape index (κ1) is 19.4. The number of benzene rings is 2. The average molecular weight is 401 g/mol. The van der Waals surface area contributed by atoms with Gasteiger partial charge in [-0.15, -0.1) is 0 Å². The first-order valence-electron chi connectivity index (χ1n) is 9.55. The molecule has 5 heteroatoms. The predicted molar refractivity (Wildman–Crippen MR) is 122 cm³/mol. The van der Waals surface area contributed by atoms with E-state index in [4.69, 9.17) is 5.14 Å². The number of H-pyrrole nitrogens is 1. The zero-order chi connectivity index (χ0) is 20.5. The minimum absolute atomic E-state index is 0.956. The molecule has 2 aromatic heterocycles. The first-order chi connectivity index (χ1) is 14.0. The van der Waals surface area contributed by atoms with Crippen LogP contribution in [0.5, 0.6) is 0 Å². The molecule has 2 heterocycles. The molecule has 4 rings (SSSR count). The summed E-state index contributed by atoms with van der Waals surface area (Å²) in [6.45, 7) is 8.34. The lowest BCUT2D eigenvalue weighted by Crippen LogP contribution is -1.92. The van der Waals surface area contributed by atoms with Crippen molar-refractivity contribution in [3.63, 3.8) is 0 Å². The van der Waals surface area contributed by atoms with E-state index < -0.39 is 0 Å². The molecular weight excluding hydrogens is 376 g/mol. The number of nitrogens with two attached hydrogens (primary N) is 1. The van der Waals surface area contributed by atoms with Gasteiger partial charge in [0, 0.05) is 33.6 Å². The summed E-state index contributed by atoms with van der Waals surface area (Å²) < 4.78 is 0. The van der Waals surface area contributed by atoms with Crippen LogP contribution in [0.1, 0.15) is 22.5 Å². The Balaban J connectivity index is 1.75. The zero-order valence-corrected chi connectivity index (χ0v) is 17.9. The maximum absolute atomic E-state index is 5.77. The number of nitrogens with one attached hydrogen (secondary N) is 1. The third-order valence-electron chi connectivity index (χ3n) is 5.47. The Hall–Kier alpha value is -2.89. The summed E-state index contributed by atoms with van der Waals surface area (Å²) >= 11 is 1.30. The summed E-state index contributed by atoms with van der Waals surface area (Å²) in [7, 11) is 0. The summed E-state index contributed by atoms with van der Waals surface area (Å²) in [5, 5.41) is 13.5. The molecule has 0 unspecified atom stereocenters. The number of hydrogen-bond donors (Lipinski definition) is 2. The number of pyridine rings is 1. The number of rotatable bonds is 4. The Morgan fingerprint density at radius 2 is 1.55 bits per heavy atom. The van der Waals surface area contributed by atoms with E-state index in [1.54, 1.807) is 0 Å². The third kappa shape index (κ3) is 3.59. The fourth-order valence-corrected chi connectivity index (χ4v) is 4.21. The lowest BCUT2D eigenvalue weighted by molar-refractivity contribution is 1.05. The van der Waals surface area contributed by atoms with Gasteiger partial charge in [0.15, 0.2) is 0 Å². The molecule has 2 aromatic carbocycles. The molecule has 0 aliphatic heterocycles. The van der Waals surface area contributed by atoms with Crippen LogP contribution in [-0.2, 0) is 0 Å². The van der Waals surface area contributed by atoms with Crippen LogP contribution in [0.4, 0.5) is 0 Å². The molecule has 29 heavy (non-hydrogen) atoms. The van der Waals surface area contributed by atoms with E-state index in [9.17, 15) is 0 Å². The van der Waals surface area contributed by atoms with E-state index in [1.165, 1.54) is 34.2 Å². The molecule has 4 nitrogen and oxygen atoms in total. The summed E-state index contributed by atoms with van der Waals surface area (Å²) in [4.78, 5) is 5.42. The van der Waals surface area contributed by atoms with Gasteiger partial charge in [-0.3, -0.25) is 15.2 Å². The first-order valence-corrected chi connectivity index (χ1v) is 10.4. The predicted octanol–water partition coefficient (Wildman–Crippen LogP) is 6.01. The second kappa shape index (κ2) is 7.85. The summed E-state index contributed by atoms with van der Waals surface area (Å²) in [5.41, 5.74) is 11.3. The highest BCUT2D eigenvalue weighted by Gasteiger charge is 2.15. The van der Waals surface area contributed by atoms with Gasteiger partial charge >= 0.3 is 0 Å². The van der Waals surface area contributed by atoms with Crippen LogP contribution in [-0.4, -0.2) is 15.2 Å². The maximum Gasteiger partial charge on any atom is 0.100 e. The van der Waals surface area contributed by atoms with E-state index in [0.717, 1.165) is 38.7 Å². The molecule has 4 aromatic rings. The Morgan fingerprint density at radius 1 is 0.828 bits per heavy atom. The fourth-order valence-electron chi connectivity index (χ4n) is 3.74. The minimum Gasteiger partial charge on any atom is -0.282 e. The van der Waals surface area contributed by atoms with E-state index in [2.05, 4.69) is 78.4 Å². The number of aromatic amines is 1. The molecule has 0 atom stereocenters. The lowest BCUT2D eigenvalue weighted by Gasteiger charge is -2.13. The maximum atomic E-state index is 5.77. The molecule has 0 aliphatic rings. The normalized spacial score (nSPS) is 11.1. The Labute approximate surface area is 175 Å². The summed E-state index contributed by atoms with van der Waals surface area (Å²) in [5.74, 6) is 0. The van der Waals surface area contributed by atoms with Crippen molar-refractivity contribution in [3.8, 4) is 33.5 Å². The molecule has 146 valence electrons. The van der Waals surface area contributed by atoms with Crippen LogP contribution in [0, 0.1) is 27.7 Å². The molecule has 0 spiro atoms. The van der Waals surface area contributed by atoms with Crippen LogP contribution in [0.25, 0.3) is 33.5 Å². The van der Waals surface area contributed by atoms with Crippen molar-refractivity contribution in [1.29, 1.82) is 0 Å². The van der Waals surface area contributed by atoms with Crippen LogP contribution in [0.3, 0.4) is 0 Å². The molecular formula is C24H24N4S. The molecule has 0 aliphatic carbocycles. The quantitative estimate of drug-likeness (QED) is 0.412. The van der Waals surface area contributed by atoms with E-state index >= 15 is 0 Å². The summed E-state index contributed by atoms with van der Waals surface area (Å²) in [6.07, 6.45) is 1.83. The van der Waals surface area contributed by atoms with Gasteiger partial charge in [0.1, 0.15) is 5.69 Å². The van der Waals surface area contributed by atoms with Crippen molar-refractivity contribution in [1.82, 2.24) is 15.2 Å². The van der Waals surface area contributed by atoms with Crippen LogP contribution in [0.2, 0.25) is 0 Å². The molecule has 0 bridgehead atoms. The highest BCUT2D eigenvalue weighted by Crippen LogP contribution is 2.35. The Kier molecular flexibility index (Phi) is 5.26. The van der Waals surface area contributed by atoms with Crippen LogP contribution >= 0.6 is 11.9 Å².